The van der Waals surface area contributed by atoms with E-state index in [1.165, 1.54) is 34.4 Å². The molecule has 29 heavy (non-hydrogen) atoms. The highest BCUT2D eigenvalue weighted by Crippen LogP contribution is 2.38. The Bertz CT molecular complexity index is 958. The number of rotatable bonds is 6. The fourth-order valence-corrected chi connectivity index (χ4v) is 3.56. The van der Waals surface area contributed by atoms with Crippen LogP contribution in [-0.2, 0) is 9.59 Å². The molecule has 1 aromatic heterocycles. The predicted molar refractivity (Wildman–Crippen MR) is 107 cm³/mol. The van der Waals surface area contributed by atoms with Crippen LogP contribution in [0.1, 0.15) is 38.6 Å². The van der Waals surface area contributed by atoms with Crippen LogP contribution in [-0.4, -0.2) is 39.6 Å². The normalized spacial score (nSPS) is 16.0. The highest BCUT2D eigenvalue weighted by atomic mass is 32.1. The van der Waals surface area contributed by atoms with E-state index in [-0.39, 0.29) is 35.7 Å². The molecule has 2 heterocycles. The Balaban J connectivity index is 1.85. The number of nitro benzene ring substituents is 1. The minimum Gasteiger partial charge on any atom is -0.478 e. The van der Waals surface area contributed by atoms with Gasteiger partial charge in [-0.2, -0.15) is 0 Å². The Hall–Kier alpha value is -3.08. The summed E-state index contributed by atoms with van der Waals surface area (Å²) >= 11 is 1.27. The van der Waals surface area contributed by atoms with Crippen molar-refractivity contribution < 1.29 is 19.2 Å². The van der Waals surface area contributed by atoms with Gasteiger partial charge in [0.25, 0.3) is 11.6 Å². The van der Waals surface area contributed by atoms with Crippen LogP contribution in [0.3, 0.4) is 0 Å². The van der Waals surface area contributed by atoms with E-state index in [9.17, 15) is 19.7 Å². The van der Waals surface area contributed by atoms with E-state index in [0.29, 0.717) is 10.8 Å². The molecule has 0 bridgehead atoms. The average Bonchev–Trinajstić information content (AvgIpc) is 3.11. The summed E-state index contributed by atoms with van der Waals surface area (Å²) in [5.74, 6) is -0.621. The van der Waals surface area contributed by atoms with Crippen molar-refractivity contribution in [3.8, 4) is 5.75 Å². The second-order valence-corrected chi connectivity index (χ2v) is 8.27. The monoisotopic (exact) mass is 419 g/mol. The number of benzene rings is 1. The number of non-ortho nitro benzene ring substituents is 1. The number of carbonyl (C=O) groups excluding carboxylic acids is 2. The third-order valence-corrected chi connectivity index (χ3v) is 5.44. The number of nitrogens with zero attached hydrogens (tertiary/aromatic N) is 4. The lowest BCUT2D eigenvalue weighted by Gasteiger charge is -2.35. The molecule has 10 nitrogen and oxygen atoms in total. The predicted octanol–water partition coefficient (Wildman–Crippen LogP) is 2.96. The van der Waals surface area contributed by atoms with Gasteiger partial charge in [0.15, 0.2) is 11.9 Å². The number of nitrogens with one attached hydrogen (secondary N) is 1. The molecule has 0 spiro atoms. The first-order valence-corrected chi connectivity index (χ1v) is 9.88. The molecule has 0 aliphatic carbocycles. The maximum atomic E-state index is 12.9. The summed E-state index contributed by atoms with van der Waals surface area (Å²) in [6.45, 7) is 7.28. The smallest absolute Gasteiger partial charge is 0.273 e. The summed E-state index contributed by atoms with van der Waals surface area (Å²) in [6.07, 6.45) is -0.841. The summed E-state index contributed by atoms with van der Waals surface area (Å²) in [6, 6.07) is 3.95. The van der Waals surface area contributed by atoms with Crippen LogP contribution < -0.4 is 15.0 Å². The van der Waals surface area contributed by atoms with Crippen LogP contribution in [0.25, 0.3) is 0 Å². The zero-order valence-corrected chi connectivity index (χ0v) is 17.2. The molecule has 1 unspecified atom stereocenters. The van der Waals surface area contributed by atoms with E-state index in [4.69, 9.17) is 4.74 Å². The first-order valence-electron chi connectivity index (χ1n) is 9.07. The highest BCUT2D eigenvalue weighted by molar-refractivity contribution is 7.15. The van der Waals surface area contributed by atoms with Crippen molar-refractivity contribution >= 4 is 39.7 Å². The van der Waals surface area contributed by atoms with Gasteiger partial charge in [-0.3, -0.25) is 29.9 Å². The van der Waals surface area contributed by atoms with Gasteiger partial charge >= 0.3 is 0 Å². The lowest BCUT2D eigenvalue weighted by molar-refractivity contribution is -0.384. The molecule has 0 saturated carbocycles. The zero-order chi connectivity index (χ0) is 21.3. The summed E-state index contributed by atoms with van der Waals surface area (Å²) in [7, 11) is 0. The van der Waals surface area contributed by atoms with E-state index in [2.05, 4.69) is 15.5 Å². The molecule has 11 heteroatoms. The Morgan fingerprint density at radius 2 is 2.07 bits per heavy atom. The first kappa shape index (κ1) is 20.6. The molecule has 154 valence electrons. The standard InChI is InChI=1S/C18H21N5O5S/c1-9(2)15-17(25)22(12-6-5-11(23(26)27)7-13(12)28-15)8-14(24)19-18-21-20-16(29-18)10(3)4/h5-7,9-10,15H,8H2,1-4H3,(H,19,21,24). The number of carbonyl (C=O) groups is 2. The Morgan fingerprint density at radius 1 is 1.34 bits per heavy atom. The fourth-order valence-electron chi connectivity index (χ4n) is 2.80. The van der Waals surface area contributed by atoms with Crippen molar-refractivity contribution in [2.24, 2.45) is 5.92 Å². The summed E-state index contributed by atoms with van der Waals surface area (Å²) in [5, 5.41) is 22.8. The van der Waals surface area contributed by atoms with Gasteiger partial charge in [-0.05, 0) is 12.0 Å². The van der Waals surface area contributed by atoms with Crippen LogP contribution in [0.2, 0.25) is 0 Å². The van der Waals surface area contributed by atoms with Crippen molar-refractivity contribution in [3.63, 3.8) is 0 Å². The fraction of sp³-hybridized carbons (Fsp3) is 0.444. The van der Waals surface area contributed by atoms with E-state index in [1.54, 1.807) is 13.8 Å². The average molecular weight is 419 g/mol. The van der Waals surface area contributed by atoms with E-state index in [0.717, 1.165) is 5.01 Å². The summed E-state index contributed by atoms with van der Waals surface area (Å²) < 4.78 is 5.71. The summed E-state index contributed by atoms with van der Waals surface area (Å²) in [5.41, 5.74) is 0.160. The second-order valence-electron chi connectivity index (χ2n) is 7.26. The second kappa shape index (κ2) is 8.11. The number of amides is 2. The van der Waals surface area contributed by atoms with E-state index in [1.807, 2.05) is 13.8 Å². The Morgan fingerprint density at radius 3 is 2.66 bits per heavy atom. The van der Waals surface area contributed by atoms with Gasteiger partial charge in [-0.25, -0.2) is 0 Å². The molecule has 3 rings (SSSR count). The maximum absolute atomic E-state index is 12.9. The minimum atomic E-state index is -0.841. The number of hydrogen-bond acceptors (Lipinski definition) is 8. The molecule has 1 N–H and O–H groups in total. The van der Waals surface area contributed by atoms with Gasteiger partial charge < -0.3 is 4.74 Å². The van der Waals surface area contributed by atoms with Gasteiger partial charge in [0.1, 0.15) is 11.6 Å². The molecule has 2 aromatic rings. The molecule has 2 amide bonds. The van der Waals surface area contributed by atoms with Gasteiger partial charge in [0.2, 0.25) is 11.0 Å². The number of hydrogen-bond donors (Lipinski definition) is 1. The van der Waals surface area contributed by atoms with Gasteiger partial charge in [0, 0.05) is 12.0 Å². The van der Waals surface area contributed by atoms with Gasteiger partial charge in [-0.1, -0.05) is 39.0 Å². The number of aromatic nitrogens is 2. The Labute approximate surface area is 171 Å². The SMILES string of the molecule is CC(C)c1nnc(NC(=O)CN2C(=O)C(C(C)C)Oc3cc([N+](=O)[O-])ccc32)s1. The number of nitro groups is 1. The molecular formula is C18H21N5O5S. The lowest BCUT2D eigenvalue weighted by Crippen LogP contribution is -2.50. The highest BCUT2D eigenvalue weighted by Gasteiger charge is 2.38. The van der Waals surface area contributed by atoms with Crippen molar-refractivity contribution in [1.29, 1.82) is 0 Å². The van der Waals surface area contributed by atoms with Crippen LogP contribution in [0.5, 0.6) is 5.75 Å². The van der Waals surface area contributed by atoms with Crippen molar-refractivity contribution in [2.75, 3.05) is 16.8 Å². The number of anilines is 2. The van der Waals surface area contributed by atoms with Crippen molar-refractivity contribution in [1.82, 2.24) is 10.2 Å². The largest absolute Gasteiger partial charge is 0.478 e. The third kappa shape index (κ3) is 4.34. The molecule has 0 saturated heterocycles. The molecule has 1 aliphatic rings. The van der Waals surface area contributed by atoms with Crippen LogP contribution >= 0.6 is 11.3 Å². The molecule has 1 aromatic carbocycles. The van der Waals surface area contributed by atoms with Gasteiger partial charge in [-0.15, -0.1) is 10.2 Å². The number of fused-ring (bicyclic) bond motifs is 1. The topological polar surface area (TPSA) is 128 Å². The maximum Gasteiger partial charge on any atom is 0.273 e. The molecular weight excluding hydrogens is 398 g/mol. The van der Waals surface area contributed by atoms with Crippen LogP contribution in [0.15, 0.2) is 18.2 Å². The first-order chi connectivity index (χ1) is 13.7. The van der Waals surface area contributed by atoms with E-state index >= 15 is 0 Å². The van der Waals surface area contributed by atoms with Crippen LogP contribution in [0, 0.1) is 16.0 Å². The number of ether oxygens (including phenoxy) is 1. The zero-order valence-electron chi connectivity index (χ0n) is 16.4. The van der Waals surface area contributed by atoms with Crippen molar-refractivity contribution in [2.45, 2.75) is 39.7 Å². The Kier molecular flexibility index (Phi) is 5.78. The minimum absolute atomic E-state index is 0.153. The lowest BCUT2D eigenvalue weighted by atomic mass is 10.0. The molecule has 0 fully saturated rings. The molecule has 1 aliphatic heterocycles. The molecule has 0 radical (unpaired) electrons. The van der Waals surface area contributed by atoms with Gasteiger partial charge in [0.05, 0.1) is 16.7 Å². The quantitative estimate of drug-likeness (QED) is 0.563. The van der Waals surface area contributed by atoms with Crippen molar-refractivity contribution in [3.05, 3.63) is 33.3 Å². The molecule has 1 atom stereocenters. The summed E-state index contributed by atoms with van der Waals surface area (Å²) in [4.78, 5) is 37.3. The third-order valence-electron chi connectivity index (χ3n) is 4.30. The van der Waals surface area contributed by atoms with E-state index < -0.39 is 16.9 Å². The van der Waals surface area contributed by atoms with Crippen LogP contribution in [0.4, 0.5) is 16.5 Å².